The van der Waals surface area contributed by atoms with Gasteiger partial charge < -0.3 is 33.2 Å². The summed E-state index contributed by atoms with van der Waals surface area (Å²) in [6, 6.07) is 7.10. The van der Waals surface area contributed by atoms with E-state index in [9.17, 15) is 9.59 Å². The number of methoxy groups -OCH3 is 5. The Morgan fingerprint density at radius 2 is 1.73 bits per heavy atom. The molecule has 7 bridgehead atoms. The molecule has 1 aromatic rings. The van der Waals surface area contributed by atoms with Crippen molar-refractivity contribution in [3.63, 3.8) is 0 Å². The van der Waals surface area contributed by atoms with Crippen LogP contribution in [0.4, 0.5) is 0 Å². The minimum Gasteiger partial charge on any atom is -0.497 e. The molecular weight excluding hydrogens is 578 g/mol. The molecule has 0 unspecified atom stereocenters. The molecule has 1 saturated heterocycles. The monoisotopic (exact) mass is 627 g/mol. The van der Waals surface area contributed by atoms with Gasteiger partial charge in [-0.3, -0.25) is 9.69 Å². The van der Waals surface area contributed by atoms with Crippen molar-refractivity contribution in [1.82, 2.24) is 4.90 Å². The molecule has 248 valence electrons. The van der Waals surface area contributed by atoms with Gasteiger partial charge in [-0.05, 0) is 56.0 Å². The molecule has 45 heavy (non-hydrogen) atoms. The molecule has 1 spiro atoms. The summed E-state index contributed by atoms with van der Waals surface area (Å²) in [6.07, 6.45) is 2.27. The number of nitrogens with zero attached hydrogens (tertiary/aromatic N) is 1. The van der Waals surface area contributed by atoms with Crippen LogP contribution >= 0.6 is 0 Å². The third kappa shape index (κ3) is 3.98. The van der Waals surface area contributed by atoms with E-state index in [4.69, 9.17) is 33.2 Å². The first-order chi connectivity index (χ1) is 21.7. The van der Waals surface area contributed by atoms with E-state index in [2.05, 4.69) is 11.8 Å². The minimum atomic E-state index is -1.00. The molecule has 0 radical (unpaired) electrons. The van der Waals surface area contributed by atoms with Crippen molar-refractivity contribution in [1.29, 1.82) is 0 Å². The van der Waals surface area contributed by atoms with Crippen molar-refractivity contribution in [2.45, 2.75) is 75.6 Å². The Balaban J connectivity index is 1.47. The van der Waals surface area contributed by atoms with Crippen LogP contribution < -0.4 is 4.74 Å². The molecule has 1 aliphatic heterocycles. The number of hydrogen-bond acceptors (Lipinski definition) is 10. The topological polar surface area (TPSA) is 102 Å². The zero-order chi connectivity index (χ0) is 31.9. The molecule has 13 atom stereocenters. The molecule has 6 aliphatic rings. The second-order valence-corrected chi connectivity index (χ2v) is 14.4. The van der Waals surface area contributed by atoms with Gasteiger partial charge in [0.25, 0.3) is 0 Å². The molecule has 6 fully saturated rings. The highest BCUT2D eigenvalue weighted by Gasteiger charge is 2.88. The summed E-state index contributed by atoms with van der Waals surface area (Å²) in [6.45, 7) is 6.07. The quantitative estimate of drug-likeness (QED) is 0.358. The van der Waals surface area contributed by atoms with Gasteiger partial charge in [-0.25, -0.2) is 4.79 Å². The van der Waals surface area contributed by atoms with Gasteiger partial charge in [-0.1, -0.05) is 6.92 Å². The van der Waals surface area contributed by atoms with E-state index in [0.29, 0.717) is 24.3 Å². The first-order valence-corrected chi connectivity index (χ1v) is 16.6. The van der Waals surface area contributed by atoms with E-state index in [1.807, 2.05) is 14.2 Å². The lowest BCUT2D eigenvalue weighted by molar-refractivity contribution is -0.276. The summed E-state index contributed by atoms with van der Waals surface area (Å²) in [5.41, 5.74) is -1.01. The minimum absolute atomic E-state index is 0.0107. The number of carbonyl (C=O) groups excluding carboxylic acids is 2. The van der Waals surface area contributed by atoms with Crippen molar-refractivity contribution in [2.75, 3.05) is 55.2 Å². The third-order valence-electron chi connectivity index (χ3n) is 13.2. The van der Waals surface area contributed by atoms with Crippen LogP contribution in [0.25, 0.3) is 0 Å². The molecular formula is C35H49NO9. The van der Waals surface area contributed by atoms with Gasteiger partial charge in [-0.15, -0.1) is 0 Å². The summed E-state index contributed by atoms with van der Waals surface area (Å²) in [5.74, 6) is -0.313. The number of piperidine rings is 1. The maximum atomic E-state index is 14.3. The van der Waals surface area contributed by atoms with Crippen LogP contribution in [0, 0.1) is 40.4 Å². The van der Waals surface area contributed by atoms with E-state index in [-0.39, 0.29) is 70.7 Å². The molecule has 5 aliphatic carbocycles. The van der Waals surface area contributed by atoms with Gasteiger partial charge in [0.1, 0.15) is 17.5 Å². The number of carbonyl (C=O) groups is 2. The van der Waals surface area contributed by atoms with Gasteiger partial charge >= 0.3 is 11.9 Å². The SMILES string of the molecule is CCN1C[C@]2(COC)CC[C@H](OC)[C@@]34[C@@H]5C[C@H]6[C@H](OC(C)=O)[C@@H]5[C@](OC(=O)c5ccc(OC)cc5)(C[C@@H]6OC)[C@@H]([C@H](OC)[C@H]23)[C@@H]14. The van der Waals surface area contributed by atoms with Crippen molar-refractivity contribution in [3.8, 4) is 5.75 Å². The molecule has 0 N–H and O–H groups in total. The Morgan fingerprint density at radius 1 is 0.978 bits per heavy atom. The van der Waals surface area contributed by atoms with Crippen LogP contribution in [0.15, 0.2) is 24.3 Å². The fourth-order valence-corrected chi connectivity index (χ4v) is 12.4. The van der Waals surface area contributed by atoms with E-state index < -0.39 is 17.7 Å². The highest BCUT2D eigenvalue weighted by molar-refractivity contribution is 5.90. The zero-order valence-electron chi connectivity index (χ0n) is 27.7. The molecule has 10 nitrogen and oxygen atoms in total. The zero-order valence-corrected chi connectivity index (χ0v) is 27.7. The van der Waals surface area contributed by atoms with Gasteiger partial charge in [-0.2, -0.15) is 0 Å². The normalized spacial score (nSPS) is 45.7. The second kappa shape index (κ2) is 11.2. The number of benzene rings is 1. The van der Waals surface area contributed by atoms with Gasteiger partial charge in [0.2, 0.25) is 0 Å². The van der Waals surface area contributed by atoms with Crippen LogP contribution in [-0.4, -0.2) is 108 Å². The molecule has 1 aromatic carbocycles. The maximum absolute atomic E-state index is 14.3. The standard InChI is InChI=1S/C35H49NO9/c1-8-36-17-33(18-39-3)14-13-25(42-6)35-23-15-22-24(41-5)16-34(26(23)28(22)44-19(2)37,27(31(35)36)29(43-7)30(33)35)45-32(38)20-9-11-21(40-4)12-10-20/h9-12,22-31H,8,13-18H2,1-7H3/t22-,23-,24+,25+,26-,27+,28+,29+,30-,31-,33+,34-,35+/m1/s1. The first-order valence-electron chi connectivity index (χ1n) is 16.6. The molecule has 1 heterocycles. The Hall–Kier alpha value is -2.24. The summed E-state index contributed by atoms with van der Waals surface area (Å²) in [4.78, 5) is 29.7. The predicted molar refractivity (Wildman–Crippen MR) is 163 cm³/mol. The largest absolute Gasteiger partial charge is 0.497 e. The van der Waals surface area contributed by atoms with Crippen molar-refractivity contribution >= 4 is 11.9 Å². The number of fused-ring (bicyclic) bond motifs is 2. The Kier molecular flexibility index (Phi) is 7.80. The lowest BCUT2D eigenvalue weighted by atomic mass is 9.43. The van der Waals surface area contributed by atoms with E-state index in [1.165, 1.54) is 6.92 Å². The number of rotatable bonds is 10. The summed E-state index contributed by atoms with van der Waals surface area (Å²) in [5, 5.41) is 0. The Labute approximate surface area is 266 Å². The van der Waals surface area contributed by atoms with Crippen LogP contribution in [0.2, 0.25) is 0 Å². The number of likely N-dealkylation sites (tertiary alicyclic amines) is 1. The van der Waals surface area contributed by atoms with Crippen LogP contribution in [0.1, 0.15) is 49.9 Å². The highest BCUT2D eigenvalue weighted by atomic mass is 16.6. The predicted octanol–water partition coefficient (Wildman–Crippen LogP) is 3.60. The summed E-state index contributed by atoms with van der Waals surface area (Å²) >= 11 is 0. The van der Waals surface area contributed by atoms with Crippen molar-refractivity contribution in [2.24, 2.45) is 40.4 Å². The lowest BCUT2D eigenvalue weighted by Crippen LogP contribution is -2.77. The Bertz CT molecular complexity index is 1310. The van der Waals surface area contributed by atoms with Crippen LogP contribution in [0.5, 0.6) is 5.75 Å². The van der Waals surface area contributed by atoms with Crippen molar-refractivity contribution < 1.29 is 42.7 Å². The molecule has 10 heteroatoms. The summed E-state index contributed by atoms with van der Waals surface area (Å²) < 4.78 is 44.2. The lowest BCUT2D eigenvalue weighted by Gasteiger charge is -2.69. The molecule has 0 aromatic heterocycles. The fourth-order valence-electron chi connectivity index (χ4n) is 12.4. The van der Waals surface area contributed by atoms with Crippen LogP contribution in [0.3, 0.4) is 0 Å². The molecule has 0 amide bonds. The number of ether oxygens (including phenoxy) is 7. The summed E-state index contributed by atoms with van der Waals surface area (Å²) in [7, 11) is 8.78. The van der Waals surface area contributed by atoms with Gasteiger partial charge in [0.05, 0.1) is 37.6 Å². The van der Waals surface area contributed by atoms with Gasteiger partial charge in [0.15, 0.2) is 0 Å². The fraction of sp³-hybridized carbons (Fsp3) is 0.771. The Morgan fingerprint density at radius 3 is 2.33 bits per heavy atom. The first kappa shape index (κ1) is 31.4. The number of hydrogen-bond donors (Lipinski definition) is 0. The van der Waals surface area contributed by atoms with Gasteiger partial charge in [0, 0.05) is 88.9 Å². The van der Waals surface area contributed by atoms with E-state index in [0.717, 1.165) is 32.4 Å². The number of esters is 2. The van der Waals surface area contributed by atoms with Crippen molar-refractivity contribution in [3.05, 3.63) is 29.8 Å². The smallest absolute Gasteiger partial charge is 0.338 e. The third-order valence-corrected chi connectivity index (χ3v) is 13.2. The van der Waals surface area contributed by atoms with E-state index >= 15 is 0 Å². The average Bonchev–Trinajstić information content (AvgIpc) is 3.46. The molecule has 7 rings (SSSR count). The highest BCUT2D eigenvalue weighted by Crippen LogP contribution is 2.80. The van der Waals surface area contributed by atoms with Crippen LogP contribution in [-0.2, 0) is 33.2 Å². The second-order valence-electron chi connectivity index (χ2n) is 14.4. The molecule has 5 saturated carbocycles. The van der Waals surface area contributed by atoms with E-state index in [1.54, 1.807) is 45.6 Å². The average molecular weight is 628 g/mol. The maximum Gasteiger partial charge on any atom is 0.338 e.